The van der Waals surface area contributed by atoms with E-state index in [1.54, 1.807) is 24.3 Å². The summed E-state index contributed by atoms with van der Waals surface area (Å²) < 4.78 is 10.8. The molecule has 0 saturated carbocycles. The number of hydrogen-bond acceptors (Lipinski definition) is 6. The lowest BCUT2D eigenvalue weighted by molar-refractivity contribution is -0.145. The van der Waals surface area contributed by atoms with Crippen LogP contribution in [0.2, 0.25) is 0 Å². The number of amides is 1. The number of hydrogen-bond donors (Lipinski definition) is 1. The number of nitrogens with zero attached hydrogens (tertiary/aromatic N) is 1. The molecule has 2 aliphatic rings. The van der Waals surface area contributed by atoms with Crippen molar-refractivity contribution >= 4 is 46.3 Å². The largest absolute Gasteiger partial charge is 0.480 e. The molecule has 24 heavy (non-hydrogen) atoms. The summed E-state index contributed by atoms with van der Waals surface area (Å²) in [5, 5.41) is 9.37. The molecule has 0 spiro atoms. The SMILES string of the molecule is CCCC(C(=O)O)N1C(=O)/C(=C\c2ccc3c(c2)OCO3)SC1=S. The first kappa shape index (κ1) is 16.8. The highest BCUT2D eigenvalue weighted by Gasteiger charge is 2.39. The second-order valence-corrected chi connectivity index (χ2v) is 6.98. The molecule has 1 atom stereocenters. The molecule has 1 N–H and O–H groups in total. The number of rotatable bonds is 5. The Kier molecular flexibility index (Phi) is 4.77. The Balaban J connectivity index is 1.86. The van der Waals surface area contributed by atoms with E-state index in [0.717, 1.165) is 17.3 Å². The van der Waals surface area contributed by atoms with E-state index in [0.29, 0.717) is 29.2 Å². The summed E-state index contributed by atoms with van der Waals surface area (Å²) in [4.78, 5) is 25.7. The van der Waals surface area contributed by atoms with E-state index in [1.165, 1.54) is 4.90 Å². The van der Waals surface area contributed by atoms with Crippen molar-refractivity contribution in [3.63, 3.8) is 0 Å². The van der Waals surface area contributed by atoms with Crippen LogP contribution in [0.5, 0.6) is 11.5 Å². The molecule has 2 aliphatic heterocycles. The Morgan fingerprint density at radius 3 is 2.92 bits per heavy atom. The minimum Gasteiger partial charge on any atom is -0.480 e. The van der Waals surface area contributed by atoms with E-state index >= 15 is 0 Å². The number of carbonyl (C=O) groups is 2. The molecular weight excluding hydrogens is 350 g/mol. The molecule has 1 saturated heterocycles. The van der Waals surface area contributed by atoms with Gasteiger partial charge in [-0.25, -0.2) is 4.79 Å². The Morgan fingerprint density at radius 1 is 1.46 bits per heavy atom. The second kappa shape index (κ2) is 6.82. The van der Waals surface area contributed by atoms with Crippen LogP contribution in [0.25, 0.3) is 6.08 Å². The first-order valence-corrected chi connectivity index (χ1v) is 8.63. The molecular formula is C16H15NO5S2. The molecule has 0 aliphatic carbocycles. The molecule has 0 radical (unpaired) electrons. The minimum absolute atomic E-state index is 0.179. The maximum absolute atomic E-state index is 12.6. The third kappa shape index (κ3) is 3.11. The van der Waals surface area contributed by atoms with Crippen molar-refractivity contribution in [3.05, 3.63) is 28.7 Å². The zero-order chi connectivity index (χ0) is 17.3. The molecule has 1 unspecified atom stereocenters. The van der Waals surface area contributed by atoms with Gasteiger partial charge in [-0.3, -0.25) is 9.69 Å². The van der Waals surface area contributed by atoms with E-state index < -0.39 is 12.0 Å². The van der Waals surface area contributed by atoms with Gasteiger partial charge in [0.25, 0.3) is 5.91 Å². The number of fused-ring (bicyclic) bond motifs is 1. The summed E-state index contributed by atoms with van der Waals surface area (Å²) in [7, 11) is 0. The summed E-state index contributed by atoms with van der Waals surface area (Å²) in [5.74, 6) is -0.136. The average Bonchev–Trinajstić information content (AvgIpc) is 3.10. The smallest absolute Gasteiger partial charge is 0.326 e. The van der Waals surface area contributed by atoms with Gasteiger partial charge in [-0.2, -0.15) is 0 Å². The predicted molar refractivity (Wildman–Crippen MR) is 93.9 cm³/mol. The highest BCUT2D eigenvalue weighted by molar-refractivity contribution is 8.26. The van der Waals surface area contributed by atoms with Crippen LogP contribution in [0.4, 0.5) is 0 Å². The van der Waals surface area contributed by atoms with Gasteiger partial charge < -0.3 is 14.6 Å². The molecule has 0 bridgehead atoms. The summed E-state index contributed by atoms with van der Waals surface area (Å²) in [6, 6.07) is 4.42. The third-order valence-electron chi connectivity index (χ3n) is 3.68. The van der Waals surface area contributed by atoms with Gasteiger partial charge in [0.05, 0.1) is 4.91 Å². The topological polar surface area (TPSA) is 76.1 Å². The summed E-state index contributed by atoms with van der Waals surface area (Å²) in [5.41, 5.74) is 0.766. The van der Waals surface area contributed by atoms with Crippen molar-refractivity contribution in [2.75, 3.05) is 6.79 Å². The number of benzene rings is 1. The number of carboxylic acids is 1. The minimum atomic E-state index is -1.04. The van der Waals surface area contributed by atoms with Crippen molar-refractivity contribution in [3.8, 4) is 11.5 Å². The van der Waals surface area contributed by atoms with E-state index in [-0.39, 0.29) is 17.0 Å². The number of carbonyl (C=O) groups excluding carboxylic acids is 1. The standard InChI is InChI=1S/C16H15NO5S2/c1-2-3-10(15(19)20)17-14(18)13(24-16(17)23)7-9-4-5-11-12(6-9)22-8-21-11/h4-7,10H,2-3,8H2,1H3,(H,19,20)/b13-7+. The van der Waals surface area contributed by atoms with Crippen molar-refractivity contribution in [2.45, 2.75) is 25.8 Å². The Bertz CT molecular complexity index is 746. The Labute approximate surface area is 148 Å². The van der Waals surface area contributed by atoms with Crippen LogP contribution in [-0.2, 0) is 9.59 Å². The predicted octanol–water partition coefficient (Wildman–Crippen LogP) is 2.87. The molecule has 3 rings (SSSR count). The lowest BCUT2D eigenvalue weighted by atomic mass is 10.1. The van der Waals surface area contributed by atoms with Crippen LogP contribution >= 0.6 is 24.0 Å². The number of aliphatic carboxylic acids is 1. The van der Waals surface area contributed by atoms with Crippen LogP contribution in [0, 0.1) is 0 Å². The third-order valence-corrected chi connectivity index (χ3v) is 5.01. The molecule has 1 aromatic carbocycles. The zero-order valence-electron chi connectivity index (χ0n) is 12.9. The van der Waals surface area contributed by atoms with Crippen LogP contribution < -0.4 is 9.47 Å². The Hall–Kier alpha value is -2.06. The first-order chi connectivity index (χ1) is 11.5. The normalized spacial score (nSPS) is 19.2. The lowest BCUT2D eigenvalue weighted by Gasteiger charge is -2.22. The van der Waals surface area contributed by atoms with Gasteiger partial charge in [0.2, 0.25) is 6.79 Å². The maximum atomic E-state index is 12.6. The number of thioether (sulfide) groups is 1. The lowest BCUT2D eigenvalue weighted by Crippen LogP contribution is -2.43. The molecule has 126 valence electrons. The quantitative estimate of drug-likeness (QED) is 0.635. The summed E-state index contributed by atoms with van der Waals surface area (Å²) in [6.07, 6.45) is 2.69. The van der Waals surface area contributed by atoms with Crippen molar-refractivity contribution in [2.24, 2.45) is 0 Å². The van der Waals surface area contributed by atoms with Crippen LogP contribution in [-0.4, -0.2) is 39.0 Å². The summed E-state index contributed by atoms with van der Waals surface area (Å²) >= 11 is 6.33. The molecule has 2 heterocycles. The number of carboxylic acid groups (broad SMARTS) is 1. The first-order valence-electron chi connectivity index (χ1n) is 7.40. The molecule has 0 aromatic heterocycles. The van der Waals surface area contributed by atoms with Crippen molar-refractivity contribution < 1.29 is 24.2 Å². The maximum Gasteiger partial charge on any atom is 0.326 e. The van der Waals surface area contributed by atoms with Crippen LogP contribution in [0.3, 0.4) is 0 Å². The van der Waals surface area contributed by atoms with E-state index in [2.05, 4.69) is 0 Å². The van der Waals surface area contributed by atoms with Crippen LogP contribution in [0.1, 0.15) is 25.3 Å². The molecule has 1 aromatic rings. The van der Waals surface area contributed by atoms with Gasteiger partial charge in [0.1, 0.15) is 10.4 Å². The van der Waals surface area contributed by atoms with Gasteiger partial charge in [-0.1, -0.05) is 43.4 Å². The highest BCUT2D eigenvalue weighted by atomic mass is 32.2. The monoisotopic (exact) mass is 365 g/mol. The fourth-order valence-corrected chi connectivity index (χ4v) is 3.90. The van der Waals surface area contributed by atoms with Crippen molar-refractivity contribution in [1.82, 2.24) is 4.90 Å². The van der Waals surface area contributed by atoms with Gasteiger partial charge >= 0.3 is 5.97 Å². The molecule has 1 amide bonds. The highest BCUT2D eigenvalue weighted by Crippen LogP contribution is 2.37. The molecule has 8 heteroatoms. The van der Waals surface area contributed by atoms with Gasteiger partial charge in [-0.05, 0) is 30.2 Å². The van der Waals surface area contributed by atoms with Gasteiger partial charge in [-0.15, -0.1) is 0 Å². The molecule has 1 fully saturated rings. The number of thiocarbonyl (C=S) groups is 1. The fourth-order valence-electron chi connectivity index (χ4n) is 2.54. The van der Waals surface area contributed by atoms with Crippen molar-refractivity contribution in [1.29, 1.82) is 0 Å². The van der Waals surface area contributed by atoms with E-state index in [1.807, 2.05) is 6.92 Å². The van der Waals surface area contributed by atoms with Gasteiger partial charge in [0.15, 0.2) is 11.5 Å². The number of ether oxygens (including phenoxy) is 2. The zero-order valence-corrected chi connectivity index (χ0v) is 14.5. The summed E-state index contributed by atoms with van der Waals surface area (Å²) in [6.45, 7) is 2.05. The fraction of sp³-hybridized carbons (Fsp3) is 0.312. The van der Waals surface area contributed by atoms with E-state index in [4.69, 9.17) is 21.7 Å². The Morgan fingerprint density at radius 2 is 2.21 bits per heavy atom. The molecule has 6 nitrogen and oxygen atoms in total. The van der Waals surface area contributed by atoms with E-state index in [9.17, 15) is 14.7 Å². The second-order valence-electron chi connectivity index (χ2n) is 5.31. The van der Waals surface area contributed by atoms with Crippen LogP contribution in [0.15, 0.2) is 23.1 Å². The average molecular weight is 365 g/mol. The van der Waals surface area contributed by atoms with Gasteiger partial charge in [0, 0.05) is 0 Å².